The number of ether oxygens (including phenoxy) is 2. The zero-order valence-corrected chi connectivity index (χ0v) is 15.9. The molecule has 9 heteroatoms. The van der Waals surface area contributed by atoms with Crippen molar-refractivity contribution in [3.63, 3.8) is 0 Å². The van der Waals surface area contributed by atoms with Gasteiger partial charge in [-0.05, 0) is 30.7 Å². The van der Waals surface area contributed by atoms with Crippen molar-refractivity contribution in [1.82, 2.24) is 5.32 Å². The highest BCUT2D eigenvalue weighted by Gasteiger charge is 2.18. The summed E-state index contributed by atoms with van der Waals surface area (Å²) in [6, 6.07) is 10.7. The Morgan fingerprint density at radius 3 is 2.68 bits per heavy atom. The fraction of sp³-hybridized carbons (Fsp3) is 0.263. The highest BCUT2D eigenvalue weighted by atomic mass is 32.2. The van der Waals surface area contributed by atoms with Gasteiger partial charge in [-0.15, -0.1) is 0 Å². The number of nitrogens with one attached hydrogen (secondary N) is 2. The maximum Gasteiger partial charge on any atom is 0.289 e. The number of nitrogens with two attached hydrogens (primary N) is 1. The van der Waals surface area contributed by atoms with Gasteiger partial charge >= 0.3 is 0 Å². The van der Waals surface area contributed by atoms with Crippen molar-refractivity contribution >= 4 is 23.5 Å². The van der Waals surface area contributed by atoms with Crippen LogP contribution in [0, 0.1) is 22.7 Å². The molecule has 0 bridgehead atoms. The van der Waals surface area contributed by atoms with Crippen LogP contribution in [0.4, 0.5) is 5.82 Å². The number of aromatic nitrogens is 1. The molecule has 0 saturated heterocycles. The van der Waals surface area contributed by atoms with E-state index in [2.05, 4.69) is 10.3 Å². The topological polar surface area (TPSA) is 135 Å². The van der Waals surface area contributed by atoms with E-state index in [0.29, 0.717) is 29.7 Å². The molecule has 8 nitrogen and oxygen atoms in total. The standard InChI is InChI=1S/C19H17N5O3S/c1-11(12-2-3-15-16(7-12)27-5-4-26-15)23-17(25)10-28-19-14(9-21)6-13(8-20)18(22)24-19/h2-3,6-7,11H,4-5,10H2,1H3,(H2,22,24)(H,23,25)/p+1/t11-/m0/s1. The summed E-state index contributed by atoms with van der Waals surface area (Å²) in [6.45, 7) is 2.90. The Balaban J connectivity index is 1.63. The molecule has 142 valence electrons. The Bertz CT molecular complexity index is 996. The Kier molecular flexibility index (Phi) is 5.87. The van der Waals surface area contributed by atoms with Crippen LogP contribution in [-0.2, 0) is 4.79 Å². The lowest BCUT2D eigenvalue weighted by Gasteiger charge is -2.21. The van der Waals surface area contributed by atoms with Crippen LogP contribution in [0.3, 0.4) is 0 Å². The summed E-state index contributed by atoms with van der Waals surface area (Å²) in [4.78, 5) is 15.1. The molecule has 0 fully saturated rings. The van der Waals surface area contributed by atoms with Gasteiger partial charge in [0, 0.05) is 0 Å². The van der Waals surface area contributed by atoms with E-state index in [9.17, 15) is 10.1 Å². The lowest BCUT2D eigenvalue weighted by Crippen LogP contribution is -2.29. The average molecular weight is 396 g/mol. The van der Waals surface area contributed by atoms with E-state index in [0.717, 1.165) is 17.3 Å². The van der Waals surface area contributed by atoms with Gasteiger partial charge < -0.3 is 14.8 Å². The van der Waals surface area contributed by atoms with Crippen LogP contribution >= 0.6 is 11.8 Å². The number of fused-ring (bicyclic) bond motifs is 1. The zero-order chi connectivity index (χ0) is 20.1. The summed E-state index contributed by atoms with van der Waals surface area (Å²) in [7, 11) is 0. The zero-order valence-electron chi connectivity index (χ0n) is 15.1. The fourth-order valence-electron chi connectivity index (χ4n) is 2.67. The van der Waals surface area contributed by atoms with Crippen LogP contribution in [0.15, 0.2) is 29.3 Å². The lowest BCUT2D eigenvalue weighted by atomic mass is 10.1. The van der Waals surface area contributed by atoms with Crippen LogP contribution in [0.2, 0.25) is 0 Å². The number of hydrogen-bond acceptors (Lipinski definition) is 7. The van der Waals surface area contributed by atoms with E-state index < -0.39 is 0 Å². The molecule has 1 aromatic heterocycles. The number of aromatic amines is 1. The number of amides is 1. The van der Waals surface area contributed by atoms with Crippen molar-refractivity contribution in [1.29, 1.82) is 10.5 Å². The molecule has 3 rings (SSSR count). The predicted octanol–water partition coefficient (Wildman–Crippen LogP) is 1.57. The number of hydrogen-bond donors (Lipinski definition) is 2. The van der Waals surface area contributed by atoms with E-state index in [4.69, 9.17) is 20.5 Å². The minimum Gasteiger partial charge on any atom is -0.486 e. The summed E-state index contributed by atoms with van der Waals surface area (Å²) >= 11 is 1.15. The van der Waals surface area contributed by atoms with Crippen LogP contribution in [-0.4, -0.2) is 24.9 Å². The quantitative estimate of drug-likeness (QED) is 0.732. The van der Waals surface area contributed by atoms with Crippen molar-refractivity contribution in [3.05, 3.63) is 41.0 Å². The molecular formula is C19H18N5O3S+. The molecule has 28 heavy (non-hydrogen) atoms. The Morgan fingerprint density at radius 2 is 1.96 bits per heavy atom. The largest absolute Gasteiger partial charge is 0.486 e. The van der Waals surface area contributed by atoms with E-state index in [-0.39, 0.29) is 34.6 Å². The number of benzene rings is 1. The molecule has 2 aromatic rings. The highest BCUT2D eigenvalue weighted by Crippen LogP contribution is 2.32. The summed E-state index contributed by atoms with van der Waals surface area (Å²) in [5, 5.41) is 21.6. The molecular weight excluding hydrogens is 378 g/mol. The third-order valence-corrected chi connectivity index (χ3v) is 5.12. The van der Waals surface area contributed by atoms with E-state index in [1.807, 2.05) is 37.3 Å². The van der Waals surface area contributed by atoms with E-state index in [1.165, 1.54) is 6.07 Å². The summed E-state index contributed by atoms with van der Waals surface area (Å²) in [5.74, 6) is 1.41. The van der Waals surface area contributed by atoms with Crippen molar-refractivity contribution in [2.75, 3.05) is 24.7 Å². The predicted molar refractivity (Wildman–Crippen MR) is 102 cm³/mol. The number of nitriles is 2. The molecule has 0 unspecified atom stereocenters. The number of carbonyl (C=O) groups is 1. The third-order valence-electron chi connectivity index (χ3n) is 4.10. The van der Waals surface area contributed by atoms with Gasteiger partial charge in [0.1, 0.15) is 36.5 Å². The minimum atomic E-state index is -0.227. The number of carbonyl (C=O) groups excluding carboxylic acids is 1. The monoisotopic (exact) mass is 396 g/mol. The second-order valence-corrected chi connectivity index (χ2v) is 7.03. The van der Waals surface area contributed by atoms with Gasteiger partial charge in [0.15, 0.2) is 16.5 Å². The molecule has 1 atom stereocenters. The maximum atomic E-state index is 12.3. The van der Waals surface area contributed by atoms with E-state index >= 15 is 0 Å². The number of nitrogen functional groups attached to an aromatic ring is 1. The molecule has 0 aliphatic carbocycles. The highest BCUT2D eigenvalue weighted by molar-refractivity contribution is 7.99. The van der Waals surface area contributed by atoms with Gasteiger partial charge in [-0.2, -0.15) is 10.5 Å². The number of pyridine rings is 1. The van der Waals surface area contributed by atoms with Crippen LogP contribution < -0.4 is 25.5 Å². The molecule has 0 saturated carbocycles. The normalized spacial score (nSPS) is 13.1. The average Bonchev–Trinajstić information content (AvgIpc) is 2.71. The second-order valence-electron chi connectivity index (χ2n) is 6.04. The molecule has 1 aliphatic heterocycles. The molecule has 0 spiro atoms. The van der Waals surface area contributed by atoms with Crippen molar-refractivity contribution in [3.8, 4) is 23.6 Å². The first kappa shape index (κ1) is 19.3. The summed E-state index contributed by atoms with van der Waals surface area (Å²) in [5.41, 5.74) is 7.11. The van der Waals surface area contributed by atoms with Crippen molar-refractivity contribution in [2.45, 2.75) is 18.0 Å². The Labute approximate surface area is 166 Å². The summed E-state index contributed by atoms with van der Waals surface area (Å²) < 4.78 is 11.1. The summed E-state index contributed by atoms with van der Waals surface area (Å²) in [6.07, 6.45) is 0. The third kappa shape index (κ3) is 4.27. The molecule has 1 aliphatic rings. The van der Waals surface area contributed by atoms with Crippen LogP contribution in [0.1, 0.15) is 29.7 Å². The van der Waals surface area contributed by atoms with Crippen molar-refractivity contribution in [2.24, 2.45) is 0 Å². The van der Waals surface area contributed by atoms with Gasteiger partial charge in [0.05, 0.1) is 11.8 Å². The van der Waals surface area contributed by atoms with Gasteiger partial charge in [0.2, 0.25) is 5.91 Å². The Hall–Kier alpha value is -3.43. The number of anilines is 1. The molecule has 4 N–H and O–H groups in total. The smallest absolute Gasteiger partial charge is 0.289 e. The van der Waals surface area contributed by atoms with Gasteiger partial charge in [-0.25, -0.2) is 4.98 Å². The van der Waals surface area contributed by atoms with Crippen LogP contribution in [0.25, 0.3) is 0 Å². The fourth-order valence-corrected chi connectivity index (χ4v) is 3.47. The number of H-pyrrole nitrogens is 1. The number of thioether (sulfide) groups is 1. The molecule has 1 amide bonds. The minimum absolute atomic E-state index is 0.0887. The maximum absolute atomic E-state index is 12.3. The molecule has 0 radical (unpaired) electrons. The first-order valence-corrected chi connectivity index (χ1v) is 9.48. The van der Waals surface area contributed by atoms with Gasteiger partial charge in [-0.3, -0.25) is 10.5 Å². The van der Waals surface area contributed by atoms with E-state index in [1.54, 1.807) is 0 Å². The number of rotatable bonds is 5. The molecule has 1 aromatic carbocycles. The van der Waals surface area contributed by atoms with Gasteiger partial charge in [0.25, 0.3) is 5.82 Å². The molecule has 2 heterocycles. The lowest BCUT2D eigenvalue weighted by molar-refractivity contribution is -0.410. The SMILES string of the molecule is C[C@H](NC(=O)CSc1[nH+]c(N)c(C#N)cc1C#N)c1ccc2c(c1)OCCO2. The van der Waals surface area contributed by atoms with Crippen LogP contribution in [0.5, 0.6) is 11.5 Å². The first-order valence-electron chi connectivity index (χ1n) is 8.49. The first-order chi connectivity index (χ1) is 13.5. The number of nitrogens with zero attached hydrogens (tertiary/aromatic N) is 2. The van der Waals surface area contributed by atoms with Crippen molar-refractivity contribution < 1.29 is 19.3 Å². The Morgan fingerprint density at radius 1 is 1.25 bits per heavy atom. The second kappa shape index (κ2) is 8.51. The van der Waals surface area contributed by atoms with Gasteiger partial charge in [-0.1, -0.05) is 17.8 Å².